The van der Waals surface area contributed by atoms with Gasteiger partial charge in [-0.25, -0.2) is 9.97 Å². The minimum Gasteiger partial charge on any atom is -0.496 e. The number of H-pyrrole nitrogens is 1. The molecular formula is C12H8BrClN4O. The fourth-order valence-electron chi connectivity index (χ4n) is 1.84. The zero-order chi connectivity index (χ0) is 13.4. The molecule has 19 heavy (non-hydrogen) atoms. The van der Waals surface area contributed by atoms with E-state index in [2.05, 4.69) is 36.1 Å². The third-order valence-corrected chi connectivity index (χ3v) is 3.34. The number of nitrogens with one attached hydrogen (secondary N) is 1. The molecule has 7 heteroatoms. The summed E-state index contributed by atoms with van der Waals surface area (Å²) in [4.78, 5) is 8.37. The van der Waals surface area contributed by atoms with Gasteiger partial charge >= 0.3 is 0 Å². The van der Waals surface area contributed by atoms with E-state index in [-0.39, 0.29) is 0 Å². The van der Waals surface area contributed by atoms with Crippen LogP contribution in [0.3, 0.4) is 0 Å². The molecule has 2 aromatic heterocycles. The highest BCUT2D eigenvalue weighted by atomic mass is 79.9. The predicted octanol–water partition coefficient (Wildman–Crippen LogP) is 3.44. The summed E-state index contributed by atoms with van der Waals surface area (Å²) in [6.45, 7) is 0. The molecule has 96 valence electrons. The maximum absolute atomic E-state index is 5.80. The van der Waals surface area contributed by atoms with Gasteiger partial charge in [0.1, 0.15) is 16.4 Å². The molecule has 0 amide bonds. The van der Waals surface area contributed by atoms with Gasteiger partial charge in [-0.15, -0.1) is 0 Å². The fourth-order valence-corrected chi connectivity index (χ4v) is 2.33. The highest BCUT2D eigenvalue weighted by Crippen LogP contribution is 2.34. The smallest absolute Gasteiger partial charge is 0.201 e. The molecule has 0 aliphatic heterocycles. The highest BCUT2D eigenvalue weighted by molar-refractivity contribution is 9.10. The van der Waals surface area contributed by atoms with Gasteiger partial charge < -0.3 is 4.74 Å². The second-order valence-electron chi connectivity index (χ2n) is 3.81. The first kappa shape index (κ1) is 12.4. The summed E-state index contributed by atoms with van der Waals surface area (Å²) in [7, 11) is 1.62. The van der Waals surface area contributed by atoms with E-state index in [1.54, 1.807) is 7.11 Å². The Kier molecular flexibility index (Phi) is 3.12. The number of hydrogen-bond acceptors (Lipinski definition) is 4. The molecule has 0 fully saturated rings. The van der Waals surface area contributed by atoms with Crippen LogP contribution < -0.4 is 4.74 Å². The average molecular weight is 340 g/mol. The van der Waals surface area contributed by atoms with E-state index in [0.717, 1.165) is 21.5 Å². The van der Waals surface area contributed by atoms with Crippen molar-refractivity contribution < 1.29 is 4.74 Å². The summed E-state index contributed by atoms with van der Waals surface area (Å²) < 4.78 is 6.29. The summed E-state index contributed by atoms with van der Waals surface area (Å²) in [5, 5.41) is 7.34. The number of methoxy groups -OCH3 is 1. The topological polar surface area (TPSA) is 63.7 Å². The first-order valence-electron chi connectivity index (χ1n) is 5.39. The van der Waals surface area contributed by atoms with Gasteiger partial charge in [0.25, 0.3) is 0 Å². The van der Waals surface area contributed by atoms with Crippen molar-refractivity contribution in [3.8, 4) is 17.0 Å². The van der Waals surface area contributed by atoms with Crippen molar-refractivity contribution in [3.05, 3.63) is 34.0 Å². The molecule has 0 aliphatic carbocycles. The average Bonchev–Trinajstić information content (AvgIpc) is 2.81. The van der Waals surface area contributed by atoms with Crippen LogP contribution in [-0.4, -0.2) is 27.3 Å². The zero-order valence-electron chi connectivity index (χ0n) is 9.82. The Balaban J connectivity index is 2.27. The van der Waals surface area contributed by atoms with Gasteiger partial charge in [-0.3, -0.25) is 5.10 Å². The monoisotopic (exact) mass is 338 g/mol. The molecule has 0 aliphatic rings. The van der Waals surface area contributed by atoms with E-state index in [0.29, 0.717) is 16.3 Å². The maximum Gasteiger partial charge on any atom is 0.201 e. The summed E-state index contributed by atoms with van der Waals surface area (Å²) in [6.07, 6.45) is 1.49. The molecule has 0 radical (unpaired) electrons. The van der Waals surface area contributed by atoms with E-state index in [4.69, 9.17) is 16.3 Å². The Morgan fingerprint density at radius 2 is 2.21 bits per heavy atom. The van der Waals surface area contributed by atoms with E-state index in [1.807, 2.05) is 18.2 Å². The van der Waals surface area contributed by atoms with Gasteiger partial charge in [-0.05, 0) is 18.2 Å². The SMILES string of the molecule is COc1ccc(Br)cc1-c1[nH]nc2nc(Cl)cnc12. The third-order valence-electron chi connectivity index (χ3n) is 2.67. The molecule has 0 unspecified atom stereocenters. The van der Waals surface area contributed by atoms with Gasteiger partial charge in [0.2, 0.25) is 5.65 Å². The van der Waals surface area contributed by atoms with Gasteiger partial charge in [-0.1, -0.05) is 27.5 Å². The Hall–Kier alpha value is -1.66. The van der Waals surface area contributed by atoms with E-state index in [9.17, 15) is 0 Å². The normalized spacial score (nSPS) is 10.9. The molecule has 1 N–H and O–H groups in total. The molecule has 3 rings (SSSR count). The second kappa shape index (κ2) is 4.79. The number of hydrogen-bond donors (Lipinski definition) is 1. The van der Waals surface area contributed by atoms with Crippen LogP contribution in [0, 0.1) is 0 Å². The molecule has 1 aromatic carbocycles. The van der Waals surface area contributed by atoms with E-state index >= 15 is 0 Å². The van der Waals surface area contributed by atoms with Crippen molar-refractivity contribution in [2.45, 2.75) is 0 Å². The van der Waals surface area contributed by atoms with E-state index in [1.165, 1.54) is 6.20 Å². The predicted molar refractivity (Wildman–Crippen MR) is 76.4 cm³/mol. The minimum atomic E-state index is 0.312. The van der Waals surface area contributed by atoms with Crippen LogP contribution in [0.5, 0.6) is 5.75 Å². The van der Waals surface area contributed by atoms with Crippen LogP contribution in [0.25, 0.3) is 22.4 Å². The number of benzene rings is 1. The fraction of sp³-hybridized carbons (Fsp3) is 0.0833. The minimum absolute atomic E-state index is 0.312. The Morgan fingerprint density at radius 1 is 1.37 bits per heavy atom. The van der Waals surface area contributed by atoms with Gasteiger partial charge in [0, 0.05) is 10.0 Å². The molecule has 3 aromatic rings. The van der Waals surface area contributed by atoms with Crippen LogP contribution in [0.2, 0.25) is 5.15 Å². The van der Waals surface area contributed by atoms with Crippen LogP contribution >= 0.6 is 27.5 Å². The molecule has 2 heterocycles. The van der Waals surface area contributed by atoms with Crippen molar-refractivity contribution in [3.63, 3.8) is 0 Å². The van der Waals surface area contributed by atoms with Crippen LogP contribution in [0.15, 0.2) is 28.9 Å². The quantitative estimate of drug-likeness (QED) is 0.777. The van der Waals surface area contributed by atoms with Crippen molar-refractivity contribution in [1.82, 2.24) is 20.2 Å². The van der Waals surface area contributed by atoms with Gasteiger partial charge in [0.15, 0.2) is 0 Å². The summed E-state index contributed by atoms with van der Waals surface area (Å²) >= 11 is 9.24. The van der Waals surface area contributed by atoms with Crippen molar-refractivity contribution in [2.24, 2.45) is 0 Å². The number of nitrogens with zero attached hydrogens (tertiary/aromatic N) is 3. The molecule has 0 saturated heterocycles. The van der Waals surface area contributed by atoms with Crippen molar-refractivity contribution >= 4 is 38.7 Å². The second-order valence-corrected chi connectivity index (χ2v) is 5.11. The molecule has 0 atom stereocenters. The molecule has 0 spiro atoms. The number of aromatic amines is 1. The van der Waals surface area contributed by atoms with Crippen LogP contribution in [0.4, 0.5) is 0 Å². The zero-order valence-corrected chi connectivity index (χ0v) is 12.2. The number of aromatic nitrogens is 4. The number of rotatable bonds is 2. The first-order chi connectivity index (χ1) is 9.19. The number of halogens is 2. The Labute approximate surface area is 122 Å². The largest absolute Gasteiger partial charge is 0.496 e. The molecule has 0 saturated carbocycles. The van der Waals surface area contributed by atoms with E-state index < -0.39 is 0 Å². The van der Waals surface area contributed by atoms with Crippen molar-refractivity contribution in [1.29, 1.82) is 0 Å². The number of fused-ring (bicyclic) bond motifs is 1. The molecular weight excluding hydrogens is 332 g/mol. The highest BCUT2D eigenvalue weighted by Gasteiger charge is 2.15. The van der Waals surface area contributed by atoms with Crippen molar-refractivity contribution in [2.75, 3.05) is 7.11 Å². The lowest BCUT2D eigenvalue weighted by atomic mass is 10.1. The maximum atomic E-state index is 5.80. The molecule has 5 nitrogen and oxygen atoms in total. The Bertz CT molecular complexity index is 759. The molecule has 0 bridgehead atoms. The lowest BCUT2D eigenvalue weighted by Crippen LogP contribution is -1.89. The van der Waals surface area contributed by atoms with Gasteiger partial charge in [0.05, 0.1) is 19.0 Å². The Morgan fingerprint density at radius 3 is 3.00 bits per heavy atom. The summed E-state index contributed by atoms with van der Waals surface area (Å²) in [5.41, 5.74) is 2.73. The summed E-state index contributed by atoms with van der Waals surface area (Å²) in [5.74, 6) is 0.727. The lowest BCUT2D eigenvalue weighted by Gasteiger charge is -2.07. The standard InChI is InChI=1S/C12H8BrClN4O/c1-19-8-3-2-6(13)4-7(8)10-11-12(18-17-10)16-9(14)5-15-11/h2-5H,1H3,(H,16,17,18). The van der Waals surface area contributed by atoms with Gasteiger partial charge in [-0.2, -0.15) is 5.10 Å². The van der Waals surface area contributed by atoms with Crippen LogP contribution in [0.1, 0.15) is 0 Å². The lowest BCUT2D eigenvalue weighted by molar-refractivity contribution is 0.416. The van der Waals surface area contributed by atoms with Crippen LogP contribution in [-0.2, 0) is 0 Å². The first-order valence-corrected chi connectivity index (χ1v) is 6.56. The summed E-state index contributed by atoms with van der Waals surface area (Å²) in [6, 6.07) is 5.71. The third kappa shape index (κ3) is 2.17. The number of ether oxygens (including phenoxy) is 1.